The molecule has 1 unspecified atom stereocenters. The molecule has 1 fully saturated rings. The lowest BCUT2D eigenvalue weighted by atomic mass is 10.0. The number of urea groups is 1. The van der Waals surface area contributed by atoms with E-state index in [9.17, 15) is 23.1 Å². The van der Waals surface area contributed by atoms with Gasteiger partial charge in [-0.25, -0.2) is 19.7 Å². The van der Waals surface area contributed by atoms with Crippen LogP contribution in [-0.4, -0.2) is 74.6 Å². The summed E-state index contributed by atoms with van der Waals surface area (Å²) in [5.41, 5.74) is -0.0490. The highest BCUT2D eigenvalue weighted by Gasteiger charge is 2.39. The van der Waals surface area contributed by atoms with Gasteiger partial charge in [-0.1, -0.05) is 12.1 Å². The van der Waals surface area contributed by atoms with Gasteiger partial charge in [-0.3, -0.25) is 10.2 Å². The quantitative estimate of drug-likeness (QED) is 0.439. The molecule has 2 amide bonds. The smallest absolute Gasteiger partial charge is 0.416 e. The first kappa shape index (κ1) is 25.6. The van der Waals surface area contributed by atoms with Gasteiger partial charge in [-0.05, 0) is 25.0 Å². The van der Waals surface area contributed by atoms with Gasteiger partial charge in [0.15, 0.2) is 11.6 Å². The Balaban J connectivity index is 1.44. The summed E-state index contributed by atoms with van der Waals surface area (Å²) in [7, 11) is 0. The van der Waals surface area contributed by atoms with Crippen molar-refractivity contribution in [2.45, 2.75) is 31.2 Å². The van der Waals surface area contributed by atoms with Crippen LogP contribution in [0.25, 0.3) is 11.4 Å². The normalized spacial score (nSPS) is 17.6. The fraction of sp³-hybridized carbons (Fsp3) is 0.375. The van der Waals surface area contributed by atoms with E-state index in [2.05, 4.69) is 30.2 Å². The number of fused-ring (bicyclic) bond motifs is 4. The summed E-state index contributed by atoms with van der Waals surface area (Å²) in [6.07, 6.45) is -1.19. The van der Waals surface area contributed by atoms with Crippen LogP contribution < -0.4 is 19.9 Å². The van der Waals surface area contributed by atoms with Crippen molar-refractivity contribution >= 4 is 23.5 Å². The summed E-state index contributed by atoms with van der Waals surface area (Å²) in [6.45, 7) is 0.614. The molecule has 14 heteroatoms. The molecule has 4 heterocycles. The second-order valence-corrected chi connectivity index (χ2v) is 8.89. The summed E-state index contributed by atoms with van der Waals surface area (Å²) in [4.78, 5) is 34.0. The Kier molecular flexibility index (Phi) is 6.99. The van der Waals surface area contributed by atoms with Gasteiger partial charge < -0.3 is 19.8 Å². The Morgan fingerprint density at radius 3 is 2.87 bits per heavy atom. The highest BCUT2D eigenvalue weighted by atomic mass is 19.4. The number of hydrogen-bond acceptors (Lipinski definition) is 9. The molecule has 1 aromatic carbocycles. The average Bonchev–Trinajstić information content (AvgIpc) is 2.91. The molecule has 2 aromatic heterocycles. The average molecular weight is 531 g/mol. The molecular formula is C24H24F3N7O4. The van der Waals surface area contributed by atoms with E-state index in [-0.39, 0.29) is 41.7 Å². The highest BCUT2D eigenvalue weighted by molar-refractivity contribution is 6.03. The lowest BCUT2D eigenvalue weighted by molar-refractivity contribution is -0.137. The first-order valence-corrected chi connectivity index (χ1v) is 11.9. The van der Waals surface area contributed by atoms with Crippen LogP contribution in [0.2, 0.25) is 0 Å². The van der Waals surface area contributed by atoms with Crippen molar-refractivity contribution in [2.24, 2.45) is 0 Å². The number of rotatable bonds is 6. The van der Waals surface area contributed by atoms with Crippen molar-refractivity contribution in [3.8, 4) is 17.3 Å². The third kappa shape index (κ3) is 5.31. The monoisotopic (exact) mass is 531 g/mol. The van der Waals surface area contributed by atoms with E-state index in [1.165, 1.54) is 35.5 Å². The van der Waals surface area contributed by atoms with Crippen LogP contribution in [0.3, 0.4) is 0 Å². The molecule has 38 heavy (non-hydrogen) atoms. The number of halogens is 3. The van der Waals surface area contributed by atoms with E-state index in [1.54, 1.807) is 0 Å². The van der Waals surface area contributed by atoms with E-state index in [1.807, 2.05) is 0 Å². The molecule has 11 nitrogen and oxygen atoms in total. The van der Waals surface area contributed by atoms with Gasteiger partial charge in [0.25, 0.3) is 0 Å². The Labute approximate surface area is 214 Å². The molecule has 0 radical (unpaired) electrons. The summed E-state index contributed by atoms with van der Waals surface area (Å²) >= 11 is 0. The Hall–Kier alpha value is -4.04. The van der Waals surface area contributed by atoms with Gasteiger partial charge in [0.05, 0.1) is 30.1 Å². The first-order valence-electron chi connectivity index (χ1n) is 11.9. The van der Waals surface area contributed by atoms with Crippen LogP contribution in [-0.2, 0) is 6.18 Å². The van der Waals surface area contributed by atoms with E-state index >= 15 is 0 Å². The lowest BCUT2D eigenvalue weighted by Crippen LogP contribution is -2.56. The van der Waals surface area contributed by atoms with Crippen molar-refractivity contribution in [3.63, 3.8) is 0 Å². The minimum atomic E-state index is -4.52. The zero-order chi connectivity index (χ0) is 26.9. The Bertz CT molecular complexity index is 1330. The molecule has 2 aliphatic rings. The first-order chi connectivity index (χ1) is 18.2. The Morgan fingerprint density at radius 2 is 2.08 bits per heavy atom. The second-order valence-electron chi connectivity index (χ2n) is 8.89. The number of hydrogen-bond donors (Lipinski definition) is 3. The van der Waals surface area contributed by atoms with Crippen molar-refractivity contribution < 1.29 is 32.9 Å². The zero-order valence-corrected chi connectivity index (χ0v) is 20.0. The third-order valence-corrected chi connectivity index (χ3v) is 6.23. The fourth-order valence-electron chi connectivity index (χ4n) is 4.43. The van der Waals surface area contributed by atoms with Crippen molar-refractivity contribution in [3.05, 3.63) is 48.3 Å². The number of piperidine rings is 1. The van der Waals surface area contributed by atoms with Gasteiger partial charge in [0, 0.05) is 30.9 Å². The third-order valence-electron chi connectivity index (χ3n) is 6.23. The maximum absolute atomic E-state index is 13.5. The maximum Gasteiger partial charge on any atom is 0.416 e. The number of amides is 2. The topological polar surface area (TPSA) is 137 Å². The van der Waals surface area contributed by atoms with Gasteiger partial charge in [-0.15, -0.1) is 0 Å². The molecule has 1 saturated heterocycles. The minimum Gasteiger partial charge on any atom is -0.475 e. The molecule has 0 spiro atoms. The van der Waals surface area contributed by atoms with Gasteiger partial charge in [-0.2, -0.15) is 18.2 Å². The molecule has 2 atom stereocenters. The Morgan fingerprint density at radius 1 is 1.24 bits per heavy atom. The molecule has 200 valence electrons. The predicted octanol–water partition coefficient (Wildman–Crippen LogP) is 2.71. The summed E-state index contributed by atoms with van der Waals surface area (Å²) < 4.78 is 45.1. The number of aromatic nitrogens is 4. The summed E-state index contributed by atoms with van der Waals surface area (Å²) in [5.74, 6) is 0.361. The predicted molar refractivity (Wildman–Crippen MR) is 130 cm³/mol. The van der Waals surface area contributed by atoms with E-state index < -0.39 is 30.5 Å². The molecule has 0 saturated carbocycles. The molecule has 3 N–H and O–H groups in total. The number of anilines is 3. The van der Waals surface area contributed by atoms with Crippen LogP contribution in [0.5, 0.6) is 5.88 Å². The number of carbonyl (C=O) groups is 1. The van der Waals surface area contributed by atoms with Crippen molar-refractivity contribution in [1.82, 2.24) is 19.9 Å². The van der Waals surface area contributed by atoms with E-state index in [0.29, 0.717) is 18.7 Å². The number of aliphatic hydroxyl groups excluding tert-OH is 2. The lowest BCUT2D eigenvalue weighted by Gasteiger charge is -2.45. The number of alkyl halides is 3. The molecule has 2 bridgehead atoms. The number of aliphatic hydroxyl groups is 2. The van der Waals surface area contributed by atoms with Crippen LogP contribution >= 0.6 is 0 Å². The minimum absolute atomic E-state index is 0.0575. The largest absolute Gasteiger partial charge is 0.475 e. The molecular weight excluding hydrogens is 507 g/mol. The van der Waals surface area contributed by atoms with Crippen LogP contribution in [0.4, 0.5) is 35.4 Å². The number of benzene rings is 1. The summed E-state index contributed by atoms with van der Waals surface area (Å²) in [6, 6.07) is 5.35. The summed E-state index contributed by atoms with van der Waals surface area (Å²) in [5, 5.41) is 21.0. The number of carbonyl (C=O) groups excluding carboxylic acids is 1. The number of ether oxygens (including phenoxy) is 1. The van der Waals surface area contributed by atoms with Crippen LogP contribution in [0.15, 0.2) is 42.7 Å². The van der Waals surface area contributed by atoms with Crippen molar-refractivity contribution in [2.75, 3.05) is 41.4 Å². The van der Waals surface area contributed by atoms with Gasteiger partial charge in [0.2, 0.25) is 11.8 Å². The van der Waals surface area contributed by atoms with Crippen LogP contribution in [0, 0.1) is 0 Å². The molecule has 5 rings (SSSR count). The zero-order valence-electron chi connectivity index (χ0n) is 20.0. The SMILES string of the molecule is O=C(Nc1nccc(OCC(O)CO)n1)N1c2nc(-c3cccc(C(F)(F)F)c3)ncc2N2CCC[C@H]1C2. The number of nitrogens with zero attached hydrogens (tertiary/aromatic N) is 6. The second kappa shape index (κ2) is 10.4. The van der Waals surface area contributed by atoms with Crippen molar-refractivity contribution in [1.29, 1.82) is 0 Å². The highest BCUT2D eigenvalue weighted by Crippen LogP contribution is 2.39. The fourth-order valence-corrected chi connectivity index (χ4v) is 4.43. The molecule has 3 aromatic rings. The maximum atomic E-state index is 13.5. The van der Waals surface area contributed by atoms with Gasteiger partial charge >= 0.3 is 12.2 Å². The molecule has 2 aliphatic heterocycles. The van der Waals surface area contributed by atoms with E-state index in [4.69, 9.17) is 9.84 Å². The molecule has 0 aliphatic carbocycles. The van der Waals surface area contributed by atoms with E-state index in [0.717, 1.165) is 25.1 Å². The van der Waals surface area contributed by atoms with Crippen LogP contribution in [0.1, 0.15) is 18.4 Å². The standard InChI is InChI=1S/C24H24F3N7O4/c25-24(26,27)15-4-1-3-14(9-15)20-29-10-18-21(31-20)34(16-5-2-8-33(18)11-16)23(37)32-22-28-7-6-19(30-22)38-13-17(36)12-35/h1,3-4,6-7,9-10,16-17,35-36H,2,5,8,11-13H2,(H,28,30,32,37)/t16-,17?/m0/s1. The number of nitrogens with one attached hydrogen (secondary N) is 1. The van der Waals surface area contributed by atoms with Gasteiger partial charge in [0.1, 0.15) is 12.7 Å².